The first-order valence-corrected chi connectivity index (χ1v) is 3.39. The minimum Gasteiger partial charge on any atom is -0.391 e. The van der Waals surface area contributed by atoms with Crippen molar-refractivity contribution in [1.82, 2.24) is 14.8 Å². The van der Waals surface area contributed by atoms with Crippen LogP contribution in [-0.4, -0.2) is 26.0 Å². The maximum Gasteiger partial charge on any atom is 0.215 e. The first-order valence-electron chi connectivity index (χ1n) is 2.98. The van der Waals surface area contributed by atoms with Crippen LogP contribution in [0.2, 0.25) is 0 Å². The van der Waals surface area contributed by atoms with Crippen molar-refractivity contribution in [3.05, 3.63) is 11.1 Å². The predicted molar refractivity (Wildman–Crippen MR) is 39.1 cm³/mol. The summed E-state index contributed by atoms with van der Waals surface area (Å²) in [5.74, 6) is 0. The Hall–Kier alpha value is -0.680. The van der Waals surface area contributed by atoms with E-state index in [9.17, 15) is 0 Å². The molecule has 1 aromatic heterocycles. The van der Waals surface area contributed by atoms with E-state index >= 15 is 0 Å². The van der Waals surface area contributed by atoms with Gasteiger partial charge in [0, 0.05) is 0 Å². The molecule has 0 aliphatic carbocycles. The molecule has 4 nitrogen and oxygen atoms in total. The van der Waals surface area contributed by atoms with Crippen molar-refractivity contribution < 1.29 is 5.11 Å². The third kappa shape index (κ3) is 1.65. The van der Waals surface area contributed by atoms with E-state index in [2.05, 4.69) is 10.1 Å². The Balaban J connectivity index is 2.75. The van der Waals surface area contributed by atoms with E-state index in [1.165, 1.54) is 6.33 Å². The van der Waals surface area contributed by atoms with Gasteiger partial charge in [-0.05, 0) is 19.1 Å². The smallest absolute Gasteiger partial charge is 0.215 e. The van der Waals surface area contributed by atoms with Crippen LogP contribution >= 0.6 is 12.2 Å². The second kappa shape index (κ2) is 2.94. The summed E-state index contributed by atoms with van der Waals surface area (Å²) >= 11 is 4.81. The number of nitrogens with one attached hydrogen (secondary N) is 1. The Bertz CT molecular complexity index is 251. The van der Waals surface area contributed by atoms with Gasteiger partial charge < -0.3 is 5.11 Å². The predicted octanol–water partition coefficient (Wildman–Crippen LogP) is 0.321. The van der Waals surface area contributed by atoms with Gasteiger partial charge in [0.05, 0.1) is 12.6 Å². The average Bonchev–Trinajstić information content (AvgIpc) is 2.15. The molecule has 1 atom stereocenters. The Morgan fingerprint density at radius 3 is 3.10 bits per heavy atom. The molecule has 5 heteroatoms. The Labute approximate surface area is 63.5 Å². The van der Waals surface area contributed by atoms with Crippen LogP contribution in [0, 0.1) is 4.77 Å². The highest BCUT2D eigenvalue weighted by molar-refractivity contribution is 7.71. The summed E-state index contributed by atoms with van der Waals surface area (Å²) in [6, 6.07) is 0. The summed E-state index contributed by atoms with van der Waals surface area (Å²) in [6.45, 7) is 2.17. The standard InChI is InChI=1S/C5H9N3OS/c1-4(9)2-8-5(10)6-3-7-8/h3-4,9H,2H2,1H3,(H,6,7,10). The lowest BCUT2D eigenvalue weighted by molar-refractivity contribution is 0.167. The van der Waals surface area contributed by atoms with Crippen molar-refractivity contribution in [3.8, 4) is 0 Å². The van der Waals surface area contributed by atoms with Gasteiger partial charge in [0.2, 0.25) is 4.77 Å². The summed E-state index contributed by atoms with van der Waals surface area (Å²) in [5, 5.41) is 11.7. The van der Waals surface area contributed by atoms with Crippen molar-refractivity contribution in [1.29, 1.82) is 0 Å². The summed E-state index contributed by atoms with van der Waals surface area (Å²) in [5.41, 5.74) is 0. The molecule has 0 amide bonds. The van der Waals surface area contributed by atoms with Gasteiger partial charge in [-0.15, -0.1) is 0 Å². The van der Waals surface area contributed by atoms with Gasteiger partial charge in [0.25, 0.3) is 0 Å². The van der Waals surface area contributed by atoms with E-state index in [4.69, 9.17) is 17.3 Å². The van der Waals surface area contributed by atoms with Gasteiger partial charge in [-0.3, -0.25) is 9.78 Å². The van der Waals surface area contributed by atoms with Gasteiger partial charge in [-0.1, -0.05) is 0 Å². The van der Waals surface area contributed by atoms with E-state index in [0.717, 1.165) is 0 Å². The fourth-order valence-electron chi connectivity index (χ4n) is 0.674. The van der Waals surface area contributed by atoms with E-state index in [-0.39, 0.29) is 0 Å². The topological polar surface area (TPSA) is 53.8 Å². The summed E-state index contributed by atoms with van der Waals surface area (Å²) in [7, 11) is 0. The normalized spacial score (nSPS) is 13.4. The lowest BCUT2D eigenvalue weighted by atomic mass is 10.4. The summed E-state index contributed by atoms with van der Waals surface area (Å²) in [6.07, 6.45) is 1.11. The molecule has 0 saturated carbocycles. The van der Waals surface area contributed by atoms with Gasteiger partial charge in [-0.2, -0.15) is 0 Å². The summed E-state index contributed by atoms with van der Waals surface area (Å²) in [4.78, 5) is 3.78. The molecule has 1 aromatic rings. The minimum absolute atomic E-state index is 0.396. The highest BCUT2D eigenvalue weighted by Gasteiger charge is 1.97. The number of aromatic amines is 1. The zero-order valence-electron chi connectivity index (χ0n) is 5.61. The number of nitrogens with zero attached hydrogens (tertiary/aromatic N) is 2. The molecule has 0 saturated heterocycles. The molecule has 1 heterocycles. The van der Waals surface area contributed by atoms with Gasteiger partial charge in [0.15, 0.2) is 0 Å². The molecule has 0 spiro atoms. The Morgan fingerprint density at radius 2 is 2.70 bits per heavy atom. The first-order chi connectivity index (χ1) is 4.70. The molecular formula is C5H9N3OS. The fraction of sp³-hybridized carbons (Fsp3) is 0.600. The molecule has 0 aliphatic heterocycles. The van der Waals surface area contributed by atoms with E-state index in [1.807, 2.05) is 0 Å². The maximum atomic E-state index is 8.93. The Kier molecular flexibility index (Phi) is 2.18. The number of hydrogen-bond donors (Lipinski definition) is 2. The fourth-order valence-corrected chi connectivity index (χ4v) is 0.854. The van der Waals surface area contributed by atoms with Crippen LogP contribution < -0.4 is 0 Å². The minimum atomic E-state index is -0.396. The van der Waals surface area contributed by atoms with Crippen LogP contribution in [0.5, 0.6) is 0 Å². The average molecular weight is 159 g/mol. The number of H-pyrrole nitrogens is 1. The van der Waals surface area contributed by atoms with E-state index < -0.39 is 6.10 Å². The summed E-state index contributed by atoms with van der Waals surface area (Å²) < 4.78 is 2.08. The molecule has 0 aliphatic rings. The quantitative estimate of drug-likeness (QED) is 0.611. The largest absolute Gasteiger partial charge is 0.391 e. The number of rotatable bonds is 2. The van der Waals surface area contributed by atoms with Crippen molar-refractivity contribution in [2.75, 3.05) is 0 Å². The highest BCUT2D eigenvalue weighted by atomic mass is 32.1. The monoisotopic (exact) mass is 159 g/mol. The Morgan fingerprint density at radius 1 is 2.00 bits per heavy atom. The lowest BCUT2D eigenvalue weighted by Gasteiger charge is -2.02. The van der Waals surface area contributed by atoms with Crippen molar-refractivity contribution in [3.63, 3.8) is 0 Å². The maximum absolute atomic E-state index is 8.93. The van der Waals surface area contributed by atoms with Crippen LogP contribution in [0.3, 0.4) is 0 Å². The van der Waals surface area contributed by atoms with Gasteiger partial charge >= 0.3 is 0 Å². The number of hydrogen-bond acceptors (Lipinski definition) is 3. The van der Waals surface area contributed by atoms with E-state index in [1.54, 1.807) is 11.6 Å². The van der Waals surface area contributed by atoms with Gasteiger partial charge in [-0.25, -0.2) is 4.98 Å². The van der Waals surface area contributed by atoms with Crippen LogP contribution in [-0.2, 0) is 6.54 Å². The molecule has 1 unspecified atom stereocenters. The van der Waals surface area contributed by atoms with Gasteiger partial charge in [0.1, 0.15) is 6.33 Å². The molecule has 0 aromatic carbocycles. The molecular weight excluding hydrogens is 150 g/mol. The SMILES string of the molecule is CC(O)Cn1[nH]cnc1=S. The number of aliphatic hydroxyl groups is 1. The van der Waals surface area contributed by atoms with Crippen LogP contribution in [0.1, 0.15) is 6.92 Å². The zero-order valence-corrected chi connectivity index (χ0v) is 6.43. The van der Waals surface area contributed by atoms with Crippen LogP contribution in [0.15, 0.2) is 6.33 Å². The number of aliphatic hydroxyl groups excluding tert-OH is 1. The molecule has 56 valence electrons. The van der Waals surface area contributed by atoms with E-state index in [0.29, 0.717) is 11.3 Å². The van der Waals surface area contributed by atoms with Crippen LogP contribution in [0.25, 0.3) is 0 Å². The second-order valence-electron chi connectivity index (χ2n) is 2.13. The number of aromatic nitrogens is 3. The first kappa shape index (κ1) is 7.43. The van der Waals surface area contributed by atoms with Crippen LogP contribution in [0.4, 0.5) is 0 Å². The molecule has 0 bridgehead atoms. The second-order valence-corrected chi connectivity index (χ2v) is 2.49. The molecule has 1 rings (SSSR count). The third-order valence-corrected chi connectivity index (χ3v) is 1.39. The van der Waals surface area contributed by atoms with Crippen molar-refractivity contribution >= 4 is 12.2 Å². The third-order valence-electron chi connectivity index (χ3n) is 1.07. The molecule has 10 heavy (non-hydrogen) atoms. The molecule has 0 fully saturated rings. The zero-order chi connectivity index (χ0) is 7.56. The lowest BCUT2D eigenvalue weighted by Crippen LogP contribution is -2.12. The highest BCUT2D eigenvalue weighted by Crippen LogP contribution is 1.89. The van der Waals surface area contributed by atoms with Crippen molar-refractivity contribution in [2.45, 2.75) is 19.6 Å². The molecule has 2 N–H and O–H groups in total. The molecule has 0 radical (unpaired) electrons. The van der Waals surface area contributed by atoms with Crippen molar-refractivity contribution in [2.24, 2.45) is 0 Å².